The maximum atomic E-state index is 12.7. The highest BCUT2D eigenvalue weighted by molar-refractivity contribution is 5.80. The molecule has 0 amide bonds. The minimum Gasteiger partial charge on any atom is -0.488 e. The smallest absolute Gasteiger partial charge is 0.333 e. The van der Waals surface area contributed by atoms with Crippen LogP contribution >= 0.6 is 0 Å². The first-order chi connectivity index (χ1) is 13.7. The number of hydrogen-bond donors (Lipinski definition) is 2. The topological polar surface area (TPSA) is 111 Å². The second-order valence-corrected chi connectivity index (χ2v) is 6.67. The molecule has 0 saturated carbocycles. The summed E-state index contributed by atoms with van der Waals surface area (Å²) < 4.78 is 13.5. The first-order valence-corrected chi connectivity index (χ1v) is 9.11. The molecule has 1 atom stereocenters. The van der Waals surface area contributed by atoms with Gasteiger partial charge >= 0.3 is 5.69 Å². The van der Waals surface area contributed by atoms with Gasteiger partial charge in [-0.2, -0.15) is 10.1 Å². The molecule has 4 aromatic heterocycles. The van der Waals surface area contributed by atoms with E-state index in [1.54, 1.807) is 24.5 Å². The van der Waals surface area contributed by atoms with Gasteiger partial charge in [0.2, 0.25) is 5.88 Å². The highest BCUT2D eigenvalue weighted by atomic mass is 16.5. The Morgan fingerprint density at radius 2 is 2.18 bits per heavy atom. The molecular weight excluding hydrogens is 360 g/mol. The average Bonchev–Trinajstić information content (AvgIpc) is 3.32. The van der Waals surface area contributed by atoms with E-state index in [4.69, 9.17) is 9.47 Å². The summed E-state index contributed by atoms with van der Waals surface area (Å²) in [5.41, 5.74) is 2.16. The molecule has 9 nitrogen and oxygen atoms in total. The van der Waals surface area contributed by atoms with Gasteiger partial charge in [-0.05, 0) is 38.0 Å². The van der Waals surface area contributed by atoms with Crippen molar-refractivity contribution < 1.29 is 9.47 Å². The third kappa shape index (κ3) is 2.72. The van der Waals surface area contributed by atoms with Gasteiger partial charge in [0.15, 0.2) is 5.65 Å². The highest BCUT2D eigenvalue weighted by Gasteiger charge is 2.20. The summed E-state index contributed by atoms with van der Waals surface area (Å²) in [4.78, 5) is 24.3. The normalized spacial score (nSPS) is 16.7. The Labute approximate surface area is 159 Å². The minimum absolute atomic E-state index is 0.0378. The predicted octanol–water partition coefficient (Wildman–Crippen LogP) is 2.44. The predicted molar refractivity (Wildman–Crippen MR) is 102 cm³/mol. The van der Waals surface area contributed by atoms with E-state index < -0.39 is 0 Å². The Hall–Kier alpha value is -3.62. The van der Waals surface area contributed by atoms with E-state index in [0.717, 1.165) is 24.1 Å². The number of hydrogen-bond acceptors (Lipinski definition) is 6. The minimum atomic E-state index is -0.339. The van der Waals surface area contributed by atoms with Crippen LogP contribution in [0.2, 0.25) is 0 Å². The van der Waals surface area contributed by atoms with E-state index in [1.165, 1.54) is 4.57 Å². The van der Waals surface area contributed by atoms with Gasteiger partial charge in [0.1, 0.15) is 17.1 Å². The number of fused-ring (bicyclic) bond motifs is 3. The van der Waals surface area contributed by atoms with Gasteiger partial charge < -0.3 is 9.47 Å². The maximum absolute atomic E-state index is 12.7. The number of rotatable bonds is 1. The van der Waals surface area contributed by atoms with Crippen LogP contribution in [0.5, 0.6) is 11.6 Å². The summed E-state index contributed by atoms with van der Waals surface area (Å²) in [5.74, 6) is 1.46. The van der Waals surface area contributed by atoms with Crippen LogP contribution in [0.15, 0.2) is 41.5 Å². The van der Waals surface area contributed by atoms with E-state index in [-0.39, 0.29) is 11.8 Å². The molecule has 0 unspecified atom stereocenters. The molecule has 0 radical (unpaired) electrons. The Morgan fingerprint density at radius 1 is 1.25 bits per heavy atom. The van der Waals surface area contributed by atoms with Crippen LogP contribution in [0.1, 0.15) is 19.8 Å². The zero-order valence-corrected chi connectivity index (χ0v) is 15.2. The van der Waals surface area contributed by atoms with Crippen molar-refractivity contribution in [2.24, 2.45) is 0 Å². The largest absolute Gasteiger partial charge is 0.488 e. The summed E-state index contributed by atoms with van der Waals surface area (Å²) >= 11 is 0. The van der Waals surface area contributed by atoms with Crippen LogP contribution in [-0.4, -0.2) is 42.4 Å². The SMILES string of the molecule is C[C@@H]1CCCOc2nc(ccc2-c2cc[nH]n2)-n2c(=O)[nH]c3nccc(c32)O1. The second-order valence-electron chi connectivity index (χ2n) is 6.67. The number of nitrogens with one attached hydrogen (secondary N) is 2. The van der Waals surface area contributed by atoms with Gasteiger partial charge in [0.25, 0.3) is 0 Å². The van der Waals surface area contributed by atoms with Gasteiger partial charge in [-0.25, -0.2) is 14.3 Å². The van der Waals surface area contributed by atoms with Crippen molar-refractivity contribution in [3.05, 3.63) is 47.1 Å². The Bertz CT molecular complexity index is 1190. The molecule has 2 N–H and O–H groups in total. The summed E-state index contributed by atoms with van der Waals surface area (Å²) in [6, 6.07) is 7.23. The van der Waals surface area contributed by atoms with Crippen molar-refractivity contribution in [3.8, 4) is 28.7 Å². The zero-order chi connectivity index (χ0) is 19.1. The van der Waals surface area contributed by atoms with Crippen molar-refractivity contribution in [1.29, 1.82) is 0 Å². The number of nitrogens with zero attached hydrogens (tertiary/aromatic N) is 4. The van der Waals surface area contributed by atoms with E-state index in [2.05, 4.69) is 25.1 Å². The second kappa shape index (κ2) is 6.52. The molecule has 142 valence electrons. The number of H-pyrrole nitrogens is 2. The lowest BCUT2D eigenvalue weighted by Gasteiger charge is -2.18. The Kier molecular flexibility index (Phi) is 3.85. The van der Waals surface area contributed by atoms with E-state index >= 15 is 0 Å². The lowest BCUT2D eigenvalue weighted by atomic mass is 10.2. The van der Waals surface area contributed by atoms with Crippen molar-refractivity contribution in [2.45, 2.75) is 25.9 Å². The van der Waals surface area contributed by atoms with Crippen molar-refractivity contribution in [1.82, 2.24) is 29.7 Å². The number of imidazole rings is 1. The van der Waals surface area contributed by atoms with Crippen LogP contribution in [0, 0.1) is 0 Å². The van der Waals surface area contributed by atoms with Crippen molar-refractivity contribution in [2.75, 3.05) is 6.61 Å². The van der Waals surface area contributed by atoms with Gasteiger partial charge in [0.05, 0.1) is 24.0 Å². The van der Waals surface area contributed by atoms with Crippen LogP contribution in [0.3, 0.4) is 0 Å². The molecule has 5 rings (SSSR count). The first-order valence-electron chi connectivity index (χ1n) is 9.11. The quantitative estimate of drug-likeness (QED) is 0.526. The molecule has 1 aliphatic heterocycles. The van der Waals surface area contributed by atoms with Crippen LogP contribution in [0.25, 0.3) is 28.2 Å². The fourth-order valence-electron chi connectivity index (χ4n) is 3.40. The van der Waals surface area contributed by atoms with Crippen molar-refractivity contribution in [3.63, 3.8) is 0 Å². The molecule has 0 aliphatic carbocycles. The monoisotopic (exact) mass is 378 g/mol. The lowest BCUT2D eigenvalue weighted by Crippen LogP contribution is -2.19. The molecule has 5 heterocycles. The molecule has 0 saturated heterocycles. The third-order valence-corrected chi connectivity index (χ3v) is 4.71. The summed E-state index contributed by atoms with van der Waals surface area (Å²) in [5, 5.41) is 7.03. The number of aromatic amines is 2. The molecule has 0 fully saturated rings. The van der Waals surface area contributed by atoms with E-state index in [1.807, 2.05) is 19.1 Å². The first kappa shape index (κ1) is 16.5. The molecule has 28 heavy (non-hydrogen) atoms. The number of pyridine rings is 2. The molecule has 2 bridgehead atoms. The summed E-state index contributed by atoms with van der Waals surface area (Å²) in [6.07, 6.45) is 4.94. The fraction of sp³-hybridized carbons (Fsp3) is 0.263. The van der Waals surface area contributed by atoms with Crippen LogP contribution in [-0.2, 0) is 0 Å². The fourth-order valence-corrected chi connectivity index (χ4v) is 3.40. The van der Waals surface area contributed by atoms with Crippen molar-refractivity contribution >= 4 is 11.2 Å². The lowest BCUT2D eigenvalue weighted by molar-refractivity contribution is 0.193. The zero-order valence-electron chi connectivity index (χ0n) is 15.2. The average molecular weight is 378 g/mol. The van der Waals surface area contributed by atoms with Gasteiger partial charge in [-0.3, -0.25) is 10.1 Å². The molecule has 9 heteroatoms. The number of aromatic nitrogens is 6. The van der Waals surface area contributed by atoms with Gasteiger partial charge in [-0.1, -0.05) is 0 Å². The molecule has 4 aromatic rings. The van der Waals surface area contributed by atoms with Crippen LogP contribution < -0.4 is 15.2 Å². The maximum Gasteiger partial charge on any atom is 0.333 e. The van der Waals surface area contributed by atoms with E-state index in [9.17, 15) is 4.79 Å². The number of ether oxygens (including phenoxy) is 2. The molecule has 1 aliphatic rings. The summed E-state index contributed by atoms with van der Waals surface area (Å²) in [6.45, 7) is 2.49. The Balaban J connectivity index is 1.76. The summed E-state index contributed by atoms with van der Waals surface area (Å²) in [7, 11) is 0. The molecule has 0 aromatic carbocycles. The third-order valence-electron chi connectivity index (χ3n) is 4.71. The van der Waals surface area contributed by atoms with E-state index in [0.29, 0.717) is 35.2 Å². The van der Waals surface area contributed by atoms with Gasteiger partial charge in [0, 0.05) is 18.5 Å². The van der Waals surface area contributed by atoms with Crippen LogP contribution in [0.4, 0.5) is 0 Å². The van der Waals surface area contributed by atoms with Gasteiger partial charge in [-0.15, -0.1) is 0 Å². The standard InChI is InChI=1S/C19H18N6O3/c1-11-3-2-10-27-18-12(13-6-9-21-24-13)4-5-15(22-18)25-16-14(28-11)7-8-20-17(16)23-19(25)26/h4-9,11H,2-3,10H2,1H3,(H,21,24)(H,20,23,26)/t11-/m1/s1. The molecular formula is C19H18N6O3. The molecule has 0 spiro atoms. The Morgan fingerprint density at radius 3 is 3.04 bits per heavy atom. The highest BCUT2D eigenvalue weighted by Crippen LogP contribution is 2.31.